The number of rotatable bonds is 3. The maximum Gasteiger partial charge on any atom is 0.410 e. The number of hydrogen-bond donors (Lipinski definition) is 1. The van der Waals surface area contributed by atoms with Gasteiger partial charge in [0.05, 0.1) is 6.61 Å². The summed E-state index contributed by atoms with van der Waals surface area (Å²) in [6.07, 6.45) is 4.46. The molecule has 0 unspecified atom stereocenters. The van der Waals surface area contributed by atoms with E-state index in [0.717, 1.165) is 56.4 Å². The number of carbonyl (C=O) groups is 1. The van der Waals surface area contributed by atoms with Crippen molar-refractivity contribution in [2.75, 3.05) is 31.1 Å². The minimum atomic E-state index is -0.420. The fourth-order valence-electron chi connectivity index (χ4n) is 4.32. The van der Waals surface area contributed by atoms with Crippen LogP contribution in [0.2, 0.25) is 0 Å². The van der Waals surface area contributed by atoms with Crippen molar-refractivity contribution in [1.29, 1.82) is 0 Å². The molecule has 2 aliphatic heterocycles. The maximum absolute atomic E-state index is 12.2. The molecule has 0 spiro atoms. The first-order valence-electron chi connectivity index (χ1n) is 10.3. The summed E-state index contributed by atoms with van der Waals surface area (Å²) < 4.78 is 5.50. The molecule has 2 heterocycles. The van der Waals surface area contributed by atoms with Gasteiger partial charge in [-0.3, -0.25) is 0 Å². The quantitative estimate of drug-likeness (QED) is 0.867. The smallest absolute Gasteiger partial charge is 0.410 e. The van der Waals surface area contributed by atoms with Gasteiger partial charge in [0.2, 0.25) is 0 Å². The van der Waals surface area contributed by atoms with Crippen LogP contribution in [-0.4, -0.2) is 47.9 Å². The molecule has 0 bridgehead atoms. The average Bonchev–Trinajstić information content (AvgIpc) is 2.67. The monoisotopic (exact) mass is 374 g/mol. The van der Waals surface area contributed by atoms with Crippen LogP contribution in [0.5, 0.6) is 0 Å². The molecule has 0 atom stereocenters. The van der Waals surface area contributed by atoms with Gasteiger partial charge in [0.15, 0.2) is 0 Å². The summed E-state index contributed by atoms with van der Waals surface area (Å²) in [5.41, 5.74) is 1.80. The highest BCUT2D eigenvalue weighted by Crippen LogP contribution is 2.34. The minimum absolute atomic E-state index is 0.102. The van der Waals surface area contributed by atoms with Gasteiger partial charge < -0.3 is 19.6 Å². The van der Waals surface area contributed by atoms with Crippen LogP contribution in [0.25, 0.3) is 0 Å². The second-order valence-corrected chi connectivity index (χ2v) is 8.95. The number of nitrogens with zero attached hydrogens (tertiary/aromatic N) is 2. The second kappa shape index (κ2) is 8.51. The van der Waals surface area contributed by atoms with Crippen LogP contribution in [-0.2, 0) is 11.3 Å². The fourth-order valence-corrected chi connectivity index (χ4v) is 4.32. The maximum atomic E-state index is 12.2. The number of likely N-dealkylation sites (tertiary alicyclic amines) is 1. The van der Waals surface area contributed by atoms with E-state index in [1.54, 1.807) is 0 Å². The second-order valence-electron chi connectivity index (χ2n) is 8.95. The highest BCUT2D eigenvalue weighted by atomic mass is 16.6. The number of anilines is 1. The average molecular weight is 375 g/mol. The molecule has 0 saturated carbocycles. The van der Waals surface area contributed by atoms with Crippen molar-refractivity contribution in [2.24, 2.45) is 11.8 Å². The van der Waals surface area contributed by atoms with E-state index in [1.165, 1.54) is 18.5 Å². The molecular formula is C22H34N2O3. The van der Waals surface area contributed by atoms with Crippen LogP contribution in [0.3, 0.4) is 0 Å². The first kappa shape index (κ1) is 20.0. The van der Waals surface area contributed by atoms with Crippen LogP contribution in [0, 0.1) is 11.8 Å². The standard InChI is InChI=1S/C22H34N2O3/c1-22(2,3)27-21(26)24-14-10-19(11-15-24)18-8-12-23(13-9-18)20-6-4-17(16-25)5-7-20/h4-7,18-19,25H,8-16H2,1-3H3. The summed E-state index contributed by atoms with van der Waals surface area (Å²) in [6, 6.07) is 8.25. The molecule has 150 valence electrons. The zero-order valence-corrected chi connectivity index (χ0v) is 17.0. The lowest BCUT2D eigenvalue weighted by atomic mass is 9.79. The molecule has 1 aromatic carbocycles. The lowest BCUT2D eigenvalue weighted by Gasteiger charge is -2.41. The first-order valence-corrected chi connectivity index (χ1v) is 10.3. The van der Waals surface area contributed by atoms with E-state index < -0.39 is 5.60 Å². The Morgan fingerprint density at radius 2 is 1.52 bits per heavy atom. The molecule has 5 heteroatoms. The predicted molar refractivity (Wildman–Crippen MR) is 108 cm³/mol. The number of piperidine rings is 2. The normalized spacial score (nSPS) is 20.0. The van der Waals surface area contributed by atoms with Gasteiger partial charge in [-0.05, 0) is 76.0 Å². The number of aliphatic hydroxyl groups excluding tert-OH is 1. The van der Waals surface area contributed by atoms with E-state index in [4.69, 9.17) is 4.74 Å². The topological polar surface area (TPSA) is 53.0 Å². The van der Waals surface area contributed by atoms with Gasteiger partial charge in [-0.25, -0.2) is 4.79 Å². The Morgan fingerprint density at radius 1 is 1.00 bits per heavy atom. The van der Waals surface area contributed by atoms with E-state index in [9.17, 15) is 9.90 Å². The molecule has 2 fully saturated rings. The summed E-state index contributed by atoms with van der Waals surface area (Å²) in [6.45, 7) is 9.69. The number of ether oxygens (including phenoxy) is 1. The van der Waals surface area contributed by atoms with Gasteiger partial charge in [-0.15, -0.1) is 0 Å². The van der Waals surface area contributed by atoms with Gasteiger partial charge in [0, 0.05) is 31.9 Å². The molecule has 0 radical (unpaired) electrons. The number of carbonyl (C=O) groups excluding carboxylic acids is 1. The Kier molecular flexibility index (Phi) is 6.30. The van der Waals surface area contributed by atoms with Crippen molar-refractivity contribution in [3.8, 4) is 0 Å². The summed E-state index contributed by atoms with van der Waals surface area (Å²) in [5.74, 6) is 1.49. The summed E-state index contributed by atoms with van der Waals surface area (Å²) in [5, 5.41) is 9.18. The highest BCUT2D eigenvalue weighted by molar-refractivity contribution is 5.68. The van der Waals surface area contributed by atoms with Crippen molar-refractivity contribution >= 4 is 11.8 Å². The molecule has 0 aliphatic carbocycles. The van der Waals surface area contributed by atoms with Crippen LogP contribution >= 0.6 is 0 Å². The fraction of sp³-hybridized carbons (Fsp3) is 0.682. The van der Waals surface area contributed by atoms with Crippen LogP contribution in [0.15, 0.2) is 24.3 Å². The molecule has 3 rings (SSSR count). The van der Waals surface area contributed by atoms with E-state index in [0.29, 0.717) is 0 Å². The lowest BCUT2D eigenvalue weighted by molar-refractivity contribution is 0.0152. The molecule has 2 aliphatic rings. The van der Waals surface area contributed by atoms with Gasteiger partial charge >= 0.3 is 6.09 Å². The van der Waals surface area contributed by atoms with Gasteiger partial charge in [-0.1, -0.05) is 12.1 Å². The third-order valence-corrected chi connectivity index (χ3v) is 5.88. The number of hydrogen-bond acceptors (Lipinski definition) is 4. The minimum Gasteiger partial charge on any atom is -0.444 e. The Balaban J connectivity index is 1.44. The van der Waals surface area contributed by atoms with E-state index in [1.807, 2.05) is 37.8 Å². The summed E-state index contributed by atoms with van der Waals surface area (Å²) >= 11 is 0. The van der Waals surface area contributed by atoms with Crippen molar-refractivity contribution in [3.05, 3.63) is 29.8 Å². The Bertz CT molecular complexity index is 607. The molecule has 0 aromatic heterocycles. The summed E-state index contributed by atoms with van der Waals surface area (Å²) in [7, 11) is 0. The molecule has 27 heavy (non-hydrogen) atoms. The largest absolute Gasteiger partial charge is 0.444 e. The van der Waals surface area contributed by atoms with E-state index >= 15 is 0 Å². The van der Waals surface area contributed by atoms with Crippen LogP contribution in [0.1, 0.15) is 52.0 Å². The van der Waals surface area contributed by atoms with Crippen molar-refractivity contribution < 1.29 is 14.6 Å². The predicted octanol–water partition coefficient (Wildman–Crippen LogP) is 4.04. The molecule has 5 nitrogen and oxygen atoms in total. The van der Waals surface area contributed by atoms with Crippen LogP contribution in [0.4, 0.5) is 10.5 Å². The van der Waals surface area contributed by atoms with Gasteiger partial charge in [-0.2, -0.15) is 0 Å². The van der Waals surface area contributed by atoms with E-state index in [2.05, 4.69) is 17.0 Å². The first-order chi connectivity index (χ1) is 12.9. The lowest BCUT2D eigenvalue weighted by Crippen LogP contribution is -2.44. The Labute approximate surface area is 163 Å². The Morgan fingerprint density at radius 3 is 2.00 bits per heavy atom. The SMILES string of the molecule is CC(C)(C)OC(=O)N1CCC(C2CCN(c3ccc(CO)cc3)CC2)CC1. The molecule has 2 saturated heterocycles. The van der Waals surface area contributed by atoms with E-state index in [-0.39, 0.29) is 12.7 Å². The molecular weight excluding hydrogens is 340 g/mol. The number of aliphatic hydroxyl groups is 1. The summed E-state index contributed by atoms with van der Waals surface area (Å²) in [4.78, 5) is 16.6. The van der Waals surface area contributed by atoms with Crippen molar-refractivity contribution in [2.45, 2.75) is 58.7 Å². The highest BCUT2D eigenvalue weighted by Gasteiger charge is 2.32. The molecule has 1 N–H and O–H groups in total. The van der Waals surface area contributed by atoms with Gasteiger partial charge in [0.25, 0.3) is 0 Å². The zero-order chi connectivity index (χ0) is 19.4. The number of amides is 1. The molecule has 1 amide bonds. The van der Waals surface area contributed by atoms with Crippen LogP contribution < -0.4 is 4.90 Å². The number of benzene rings is 1. The van der Waals surface area contributed by atoms with Crippen molar-refractivity contribution in [3.63, 3.8) is 0 Å². The third-order valence-electron chi connectivity index (χ3n) is 5.88. The van der Waals surface area contributed by atoms with Gasteiger partial charge in [0.1, 0.15) is 5.60 Å². The Hall–Kier alpha value is -1.75. The molecule has 1 aromatic rings. The third kappa shape index (κ3) is 5.38. The zero-order valence-electron chi connectivity index (χ0n) is 17.0. The van der Waals surface area contributed by atoms with Crippen molar-refractivity contribution in [1.82, 2.24) is 4.90 Å².